The summed E-state index contributed by atoms with van der Waals surface area (Å²) in [7, 11) is 0. The van der Waals surface area contributed by atoms with Crippen molar-refractivity contribution in [2.45, 2.75) is 57.9 Å². The molecule has 3 nitrogen and oxygen atoms in total. The molecule has 0 aromatic carbocycles. The Bertz CT molecular complexity index is 254. The summed E-state index contributed by atoms with van der Waals surface area (Å²) in [6.45, 7) is 4.22. The summed E-state index contributed by atoms with van der Waals surface area (Å²) in [5.74, 6) is 1.95. The third-order valence-electron chi connectivity index (χ3n) is 4.27. The zero-order valence-electron chi connectivity index (χ0n) is 11.4. The third kappa shape index (κ3) is 4.77. The van der Waals surface area contributed by atoms with Crippen molar-refractivity contribution in [2.24, 2.45) is 11.8 Å². The molecule has 1 aliphatic heterocycles. The number of hydrogen-bond acceptors (Lipinski definition) is 2. The van der Waals surface area contributed by atoms with E-state index in [9.17, 15) is 4.79 Å². The second kappa shape index (κ2) is 8.00. The van der Waals surface area contributed by atoms with Crippen LogP contribution in [0.1, 0.15) is 51.9 Å². The van der Waals surface area contributed by atoms with Crippen molar-refractivity contribution >= 4 is 18.3 Å². The summed E-state index contributed by atoms with van der Waals surface area (Å²) in [4.78, 5) is 11.8. The summed E-state index contributed by atoms with van der Waals surface area (Å²) in [5.41, 5.74) is 0. The van der Waals surface area contributed by atoms with Gasteiger partial charge in [0.1, 0.15) is 0 Å². The van der Waals surface area contributed by atoms with Crippen LogP contribution in [-0.2, 0) is 4.79 Å². The Hall–Kier alpha value is -0.280. The molecule has 2 unspecified atom stereocenters. The highest BCUT2D eigenvalue weighted by atomic mass is 35.5. The van der Waals surface area contributed by atoms with Crippen molar-refractivity contribution in [3.05, 3.63) is 0 Å². The minimum absolute atomic E-state index is 0. The van der Waals surface area contributed by atoms with Gasteiger partial charge in [0.2, 0.25) is 5.91 Å². The van der Waals surface area contributed by atoms with Crippen LogP contribution >= 0.6 is 12.4 Å². The fraction of sp³-hybridized carbons (Fsp3) is 0.929. The second-order valence-electron chi connectivity index (χ2n) is 5.87. The molecule has 4 heteroatoms. The van der Waals surface area contributed by atoms with Crippen molar-refractivity contribution in [1.29, 1.82) is 0 Å². The Morgan fingerprint density at radius 1 is 1.28 bits per heavy atom. The fourth-order valence-corrected chi connectivity index (χ4v) is 3.25. The lowest BCUT2D eigenvalue weighted by Gasteiger charge is -2.26. The van der Waals surface area contributed by atoms with E-state index in [2.05, 4.69) is 17.6 Å². The highest BCUT2D eigenvalue weighted by molar-refractivity contribution is 5.85. The average molecular weight is 275 g/mol. The van der Waals surface area contributed by atoms with E-state index in [1.807, 2.05) is 0 Å². The van der Waals surface area contributed by atoms with E-state index in [0.29, 0.717) is 0 Å². The van der Waals surface area contributed by atoms with Crippen molar-refractivity contribution < 1.29 is 4.79 Å². The molecule has 1 amide bonds. The maximum atomic E-state index is 11.8. The van der Waals surface area contributed by atoms with Gasteiger partial charge in [-0.15, -0.1) is 12.4 Å². The molecule has 3 atom stereocenters. The molecule has 0 aromatic rings. The average Bonchev–Trinajstić information content (AvgIpc) is 2.82. The van der Waals surface area contributed by atoms with Crippen LogP contribution in [-0.4, -0.2) is 25.0 Å². The van der Waals surface area contributed by atoms with Crippen LogP contribution in [0.3, 0.4) is 0 Å². The van der Waals surface area contributed by atoms with Crippen LogP contribution < -0.4 is 10.6 Å². The molecule has 0 radical (unpaired) electrons. The molecule has 0 aromatic heterocycles. The smallest absolute Gasteiger partial charge is 0.237 e. The van der Waals surface area contributed by atoms with Crippen LogP contribution in [0.15, 0.2) is 0 Å². The Morgan fingerprint density at radius 2 is 2.11 bits per heavy atom. The highest BCUT2D eigenvalue weighted by Crippen LogP contribution is 2.30. The number of nitrogens with one attached hydrogen (secondary N) is 2. The van der Waals surface area contributed by atoms with Crippen molar-refractivity contribution in [2.75, 3.05) is 13.1 Å². The van der Waals surface area contributed by atoms with E-state index in [0.717, 1.165) is 37.8 Å². The molecule has 2 N–H and O–H groups in total. The van der Waals surface area contributed by atoms with Gasteiger partial charge < -0.3 is 10.6 Å². The van der Waals surface area contributed by atoms with E-state index < -0.39 is 0 Å². The Kier molecular flexibility index (Phi) is 7.02. The van der Waals surface area contributed by atoms with E-state index in [4.69, 9.17) is 0 Å². The normalized spacial score (nSPS) is 31.7. The predicted octanol–water partition coefficient (Wildman–Crippen LogP) is 2.49. The van der Waals surface area contributed by atoms with Gasteiger partial charge in [-0.25, -0.2) is 0 Å². The standard InChI is InChI=1S/C14H26N2O.ClH/c1-11-4-2-5-12(10-11)7-9-16-14(17)13-6-3-8-15-13;/h11-13,15H,2-10H2,1H3,(H,16,17);1H/t11?,12?,13-;/m0./s1. The number of carbonyl (C=O) groups is 1. The first-order valence-corrected chi connectivity index (χ1v) is 7.27. The first-order chi connectivity index (χ1) is 8.25. The van der Waals surface area contributed by atoms with E-state index >= 15 is 0 Å². The zero-order chi connectivity index (χ0) is 12.1. The Balaban J connectivity index is 0.00000162. The summed E-state index contributed by atoms with van der Waals surface area (Å²) in [5, 5.41) is 6.33. The Labute approximate surface area is 117 Å². The Morgan fingerprint density at radius 3 is 2.78 bits per heavy atom. The maximum Gasteiger partial charge on any atom is 0.237 e. The summed E-state index contributed by atoms with van der Waals surface area (Å²) in [6.07, 6.45) is 8.81. The maximum absolute atomic E-state index is 11.8. The minimum atomic E-state index is 0. The van der Waals surface area contributed by atoms with Crippen LogP contribution in [0.4, 0.5) is 0 Å². The lowest BCUT2D eigenvalue weighted by molar-refractivity contribution is -0.122. The quantitative estimate of drug-likeness (QED) is 0.827. The summed E-state index contributed by atoms with van der Waals surface area (Å²) < 4.78 is 0. The molecule has 1 saturated carbocycles. The summed E-state index contributed by atoms with van der Waals surface area (Å²) >= 11 is 0. The van der Waals surface area contributed by atoms with Crippen molar-refractivity contribution in [1.82, 2.24) is 10.6 Å². The van der Waals surface area contributed by atoms with Gasteiger partial charge in [0.05, 0.1) is 6.04 Å². The summed E-state index contributed by atoms with van der Waals surface area (Å²) in [6, 6.07) is 0.0836. The molecule has 1 aliphatic carbocycles. The van der Waals surface area contributed by atoms with Gasteiger partial charge in [-0.1, -0.05) is 26.2 Å². The van der Waals surface area contributed by atoms with E-state index in [1.165, 1.54) is 32.1 Å². The molecule has 1 saturated heterocycles. The molecule has 0 bridgehead atoms. The van der Waals surface area contributed by atoms with Crippen molar-refractivity contribution in [3.8, 4) is 0 Å². The van der Waals surface area contributed by atoms with E-state index in [1.54, 1.807) is 0 Å². The third-order valence-corrected chi connectivity index (χ3v) is 4.27. The number of hydrogen-bond donors (Lipinski definition) is 2. The second-order valence-corrected chi connectivity index (χ2v) is 5.87. The SMILES string of the molecule is CC1CCCC(CCNC(=O)[C@@H]2CCCN2)C1.Cl. The minimum Gasteiger partial charge on any atom is -0.355 e. The lowest BCUT2D eigenvalue weighted by Crippen LogP contribution is -2.41. The molecule has 106 valence electrons. The monoisotopic (exact) mass is 274 g/mol. The zero-order valence-corrected chi connectivity index (χ0v) is 12.2. The number of rotatable bonds is 4. The molecule has 0 spiro atoms. The van der Waals surface area contributed by atoms with Gasteiger partial charge in [0.25, 0.3) is 0 Å². The molecule has 2 rings (SSSR count). The number of amides is 1. The number of halogens is 1. The van der Waals surface area contributed by atoms with Crippen LogP contribution in [0.2, 0.25) is 0 Å². The van der Waals surface area contributed by atoms with Gasteiger partial charge in [-0.05, 0) is 44.1 Å². The first kappa shape index (κ1) is 15.8. The van der Waals surface area contributed by atoms with Crippen LogP contribution in [0.25, 0.3) is 0 Å². The molecular weight excluding hydrogens is 248 g/mol. The van der Waals surface area contributed by atoms with Crippen LogP contribution in [0, 0.1) is 11.8 Å². The highest BCUT2D eigenvalue weighted by Gasteiger charge is 2.22. The topological polar surface area (TPSA) is 41.1 Å². The van der Waals surface area contributed by atoms with Gasteiger partial charge in [0, 0.05) is 6.54 Å². The molecule has 18 heavy (non-hydrogen) atoms. The molecule has 2 fully saturated rings. The predicted molar refractivity (Wildman–Crippen MR) is 77.0 cm³/mol. The van der Waals surface area contributed by atoms with Gasteiger partial charge in [0.15, 0.2) is 0 Å². The molecule has 2 aliphatic rings. The lowest BCUT2D eigenvalue weighted by atomic mass is 9.81. The fourth-order valence-electron chi connectivity index (χ4n) is 3.25. The van der Waals surface area contributed by atoms with Crippen LogP contribution in [0.5, 0.6) is 0 Å². The van der Waals surface area contributed by atoms with Crippen molar-refractivity contribution in [3.63, 3.8) is 0 Å². The van der Waals surface area contributed by atoms with E-state index in [-0.39, 0.29) is 24.4 Å². The molecule has 1 heterocycles. The molecular formula is C14H27ClN2O. The first-order valence-electron chi connectivity index (χ1n) is 7.27. The largest absolute Gasteiger partial charge is 0.355 e. The van der Waals surface area contributed by atoms with Gasteiger partial charge >= 0.3 is 0 Å². The van der Waals surface area contributed by atoms with Gasteiger partial charge in [-0.2, -0.15) is 0 Å². The number of carbonyl (C=O) groups excluding carboxylic acids is 1. The van der Waals surface area contributed by atoms with Gasteiger partial charge in [-0.3, -0.25) is 4.79 Å².